The Morgan fingerprint density at radius 1 is 1.53 bits per heavy atom. The first-order chi connectivity index (χ1) is 7.99. The molecule has 5 nitrogen and oxygen atoms in total. The highest BCUT2D eigenvalue weighted by Gasteiger charge is 2.29. The Labute approximate surface area is 106 Å². The van der Waals surface area contributed by atoms with Gasteiger partial charge in [-0.25, -0.2) is 4.79 Å². The second-order valence-corrected chi connectivity index (χ2v) is 4.79. The van der Waals surface area contributed by atoms with Crippen molar-refractivity contribution in [3.05, 3.63) is 28.2 Å². The van der Waals surface area contributed by atoms with Gasteiger partial charge in [0.15, 0.2) is 0 Å². The first kappa shape index (κ1) is 12.1. The molecule has 1 unspecified atom stereocenters. The van der Waals surface area contributed by atoms with Crippen LogP contribution < -0.4 is 10.6 Å². The molecule has 1 aliphatic rings. The molecule has 3 N–H and O–H groups in total. The number of halogens is 1. The number of anilines is 1. The minimum atomic E-state index is -0.998. The van der Waals surface area contributed by atoms with Crippen LogP contribution in [0.15, 0.2) is 22.7 Å². The topological polar surface area (TPSA) is 83.6 Å². The molecule has 90 valence electrons. The summed E-state index contributed by atoms with van der Waals surface area (Å²) in [5.74, 6) is -1.04. The maximum Gasteiger partial charge on any atom is 0.335 e. The van der Waals surface area contributed by atoms with Crippen molar-refractivity contribution < 1.29 is 14.7 Å². The van der Waals surface area contributed by atoms with E-state index in [0.29, 0.717) is 23.1 Å². The normalized spacial score (nSPS) is 19.8. The number of hydrogen-bond acceptors (Lipinski definition) is 3. The number of hydrogen-bond donors (Lipinski definition) is 2. The standard InChI is InChI=1S/C11H11BrN2O3/c12-8-3-6(11(16)17)1-2-9(8)14-5-7(13)4-10(14)15/h1-3,7H,4-5,13H2,(H,16,17). The maximum absolute atomic E-state index is 11.7. The van der Waals surface area contributed by atoms with Crippen molar-refractivity contribution >= 4 is 33.5 Å². The van der Waals surface area contributed by atoms with Crippen molar-refractivity contribution in [1.29, 1.82) is 0 Å². The van der Waals surface area contributed by atoms with E-state index >= 15 is 0 Å². The third-order valence-corrected chi connectivity index (χ3v) is 3.28. The molecule has 0 bridgehead atoms. The van der Waals surface area contributed by atoms with Crippen LogP contribution in [0.2, 0.25) is 0 Å². The molecule has 1 fully saturated rings. The fourth-order valence-electron chi connectivity index (χ4n) is 1.83. The van der Waals surface area contributed by atoms with E-state index in [-0.39, 0.29) is 17.5 Å². The second kappa shape index (κ2) is 4.46. The Balaban J connectivity index is 2.34. The van der Waals surface area contributed by atoms with Gasteiger partial charge in [-0.05, 0) is 34.1 Å². The fraction of sp³-hybridized carbons (Fsp3) is 0.273. The molecule has 0 aromatic heterocycles. The average Bonchev–Trinajstić information content (AvgIpc) is 2.57. The lowest BCUT2D eigenvalue weighted by molar-refractivity contribution is -0.117. The number of carbonyl (C=O) groups is 2. The van der Waals surface area contributed by atoms with E-state index in [0.717, 1.165) is 0 Å². The molecular weight excluding hydrogens is 288 g/mol. The Morgan fingerprint density at radius 3 is 2.71 bits per heavy atom. The zero-order valence-electron chi connectivity index (χ0n) is 8.89. The number of carboxylic acid groups (broad SMARTS) is 1. The molecule has 17 heavy (non-hydrogen) atoms. The number of carboxylic acids is 1. The van der Waals surface area contributed by atoms with E-state index < -0.39 is 5.97 Å². The van der Waals surface area contributed by atoms with Gasteiger partial charge in [-0.15, -0.1) is 0 Å². The van der Waals surface area contributed by atoms with Crippen molar-refractivity contribution in [3.63, 3.8) is 0 Å². The average molecular weight is 299 g/mol. The second-order valence-electron chi connectivity index (χ2n) is 3.94. The summed E-state index contributed by atoms with van der Waals surface area (Å²) in [6, 6.07) is 4.41. The van der Waals surface area contributed by atoms with Crippen LogP contribution in [0.4, 0.5) is 5.69 Å². The van der Waals surface area contributed by atoms with Gasteiger partial charge in [0.05, 0.1) is 11.3 Å². The van der Waals surface area contributed by atoms with Gasteiger partial charge in [0.2, 0.25) is 5.91 Å². The van der Waals surface area contributed by atoms with Gasteiger partial charge in [-0.2, -0.15) is 0 Å². The third kappa shape index (κ3) is 2.32. The molecule has 1 heterocycles. The Hall–Kier alpha value is -1.40. The summed E-state index contributed by atoms with van der Waals surface area (Å²) in [6.07, 6.45) is 0.327. The number of nitrogens with zero attached hydrogens (tertiary/aromatic N) is 1. The van der Waals surface area contributed by atoms with Crippen LogP contribution in [0.3, 0.4) is 0 Å². The van der Waals surface area contributed by atoms with Crippen molar-refractivity contribution in [2.45, 2.75) is 12.5 Å². The monoisotopic (exact) mass is 298 g/mol. The number of rotatable bonds is 2. The van der Waals surface area contributed by atoms with Crippen molar-refractivity contribution in [3.8, 4) is 0 Å². The molecule has 1 aliphatic heterocycles. The minimum Gasteiger partial charge on any atom is -0.478 e. The molecule has 6 heteroatoms. The lowest BCUT2D eigenvalue weighted by Crippen LogP contribution is -2.28. The predicted molar refractivity (Wildman–Crippen MR) is 66.0 cm³/mol. The Kier molecular flexibility index (Phi) is 3.17. The number of benzene rings is 1. The Morgan fingerprint density at radius 2 is 2.24 bits per heavy atom. The summed E-state index contributed by atoms with van der Waals surface area (Å²) < 4.78 is 0.583. The lowest BCUT2D eigenvalue weighted by atomic mass is 10.2. The summed E-state index contributed by atoms with van der Waals surface area (Å²) in [5, 5.41) is 8.84. The summed E-state index contributed by atoms with van der Waals surface area (Å²) in [4.78, 5) is 24.0. The number of nitrogens with two attached hydrogens (primary N) is 1. The Bertz CT molecular complexity index is 490. The number of aromatic carboxylic acids is 1. The summed E-state index contributed by atoms with van der Waals surface area (Å²) in [5.41, 5.74) is 6.55. The summed E-state index contributed by atoms with van der Waals surface area (Å²) >= 11 is 3.27. The molecule has 0 spiro atoms. The van der Waals surface area contributed by atoms with E-state index in [9.17, 15) is 9.59 Å². The van der Waals surface area contributed by atoms with Crippen molar-refractivity contribution in [2.75, 3.05) is 11.4 Å². The van der Waals surface area contributed by atoms with Gasteiger partial charge in [0.1, 0.15) is 0 Å². The molecule has 1 aromatic carbocycles. The SMILES string of the molecule is NC1CC(=O)N(c2ccc(C(=O)O)cc2Br)C1. The molecule has 2 rings (SSSR count). The highest BCUT2D eigenvalue weighted by atomic mass is 79.9. The molecule has 1 saturated heterocycles. The van der Waals surface area contributed by atoms with Gasteiger partial charge in [-0.3, -0.25) is 4.79 Å². The lowest BCUT2D eigenvalue weighted by Gasteiger charge is -2.18. The third-order valence-electron chi connectivity index (χ3n) is 2.64. The quantitative estimate of drug-likeness (QED) is 0.860. The van der Waals surface area contributed by atoms with Crippen molar-refractivity contribution in [1.82, 2.24) is 0 Å². The molecule has 1 aromatic rings. The van der Waals surface area contributed by atoms with Crippen LogP contribution >= 0.6 is 15.9 Å². The van der Waals surface area contributed by atoms with Crippen LogP contribution in [0.5, 0.6) is 0 Å². The smallest absolute Gasteiger partial charge is 0.335 e. The van der Waals surface area contributed by atoms with E-state index in [1.54, 1.807) is 11.0 Å². The van der Waals surface area contributed by atoms with E-state index in [1.165, 1.54) is 12.1 Å². The molecule has 1 atom stereocenters. The first-order valence-corrected chi connectivity index (χ1v) is 5.87. The fourth-order valence-corrected chi connectivity index (χ4v) is 2.42. The van der Waals surface area contributed by atoms with Crippen molar-refractivity contribution in [2.24, 2.45) is 5.73 Å². The number of carbonyl (C=O) groups excluding carboxylic acids is 1. The summed E-state index contributed by atoms with van der Waals surface area (Å²) in [7, 11) is 0. The summed E-state index contributed by atoms with van der Waals surface area (Å²) in [6.45, 7) is 0.462. The van der Waals surface area contributed by atoms with Crippen LogP contribution in [-0.4, -0.2) is 29.6 Å². The van der Waals surface area contributed by atoms with Gasteiger partial charge in [0, 0.05) is 23.5 Å². The van der Waals surface area contributed by atoms with Crippen LogP contribution in [-0.2, 0) is 4.79 Å². The van der Waals surface area contributed by atoms with E-state index in [2.05, 4.69) is 15.9 Å². The first-order valence-electron chi connectivity index (χ1n) is 5.08. The molecule has 0 saturated carbocycles. The zero-order chi connectivity index (χ0) is 12.6. The van der Waals surface area contributed by atoms with Crippen LogP contribution in [0.1, 0.15) is 16.8 Å². The molecule has 1 amide bonds. The molecular formula is C11H11BrN2O3. The van der Waals surface area contributed by atoms with Crippen LogP contribution in [0, 0.1) is 0 Å². The van der Waals surface area contributed by atoms with E-state index in [1.807, 2.05) is 0 Å². The highest BCUT2D eigenvalue weighted by molar-refractivity contribution is 9.10. The van der Waals surface area contributed by atoms with Gasteiger partial charge in [-0.1, -0.05) is 0 Å². The number of amides is 1. The van der Waals surface area contributed by atoms with Gasteiger partial charge in [0.25, 0.3) is 0 Å². The minimum absolute atomic E-state index is 0.0405. The van der Waals surface area contributed by atoms with E-state index in [4.69, 9.17) is 10.8 Å². The van der Waals surface area contributed by atoms with Gasteiger partial charge >= 0.3 is 5.97 Å². The van der Waals surface area contributed by atoms with Gasteiger partial charge < -0.3 is 15.7 Å². The molecule has 0 aliphatic carbocycles. The highest BCUT2D eigenvalue weighted by Crippen LogP contribution is 2.30. The predicted octanol–water partition coefficient (Wildman–Crippen LogP) is 1.21. The zero-order valence-corrected chi connectivity index (χ0v) is 10.5. The molecule has 0 radical (unpaired) electrons. The maximum atomic E-state index is 11.7. The van der Waals surface area contributed by atoms with Crippen LogP contribution in [0.25, 0.3) is 0 Å². The largest absolute Gasteiger partial charge is 0.478 e.